The molecule has 0 unspecified atom stereocenters. The molecule has 0 aliphatic carbocycles. The molecule has 7 nitrogen and oxygen atoms in total. The zero-order chi connectivity index (χ0) is 16.7. The lowest BCUT2D eigenvalue weighted by Crippen LogP contribution is -2.30. The topological polar surface area (TPSA) is 81.6 Å². The van der Waals surface area contributed by atoms with Crippen LogP contribution in [0, 0.1) is 0 Å². The zero-order valence-electron chi connectivity index (χ0n) is 12.7. The predicted octanol–water partition coefficient (Wildman–Crippen LogP) is 2.64. The molecular formula is C15H13N3O4S2. The van der Waals surface area contributed by atoms with Gasteiger partial charge < -0.3 is 9.47 Å². The Morgan fingerprint density at radius 3 is 2.83 bits per heavy atom. The van der Waals surface area contributed by atoms with Gasteiger partial charge in [0.2, 0.25) is 6.79 Å². The highest BCUT2D eigenvalue weighted by Crippen LogP contribution is 2.37. The molecule has 0 atom stereocenters. The van der Waals surface area contributed by atoms with Crippen molar-refractivity contribution in [1.82, 2.24) is 8.75 Å². The average molecular weight is 363 g/mol. The van der Waals surface area contributed by atoms with Crippen molar-refractivity contribution in [1.29, 1.82) is 0 Å². The van der Waals surface area contributed by atoms with Crippen molar-refractivity contribution in [2.75, 3.05) is 17.6 Å². The van der Waals surface area contributed by atoms with Gasteiger partial charge in [0.25, 0.3) is 10.0 Å². The van der Waals surface area contributed by atoms with E-state index in [0.717, 1.165) is 11.7 Å². The molecule has 0 bridgehead atoms. The third-order valence-electron chi connectivity index (χ3n) is 3.75. The van der Waals surface area contributed by atoms with E-state index in [-0.39, 0.29) is 18.2 Å². The van der Waals surface area contributed by atoms with E-state index < -0.39 is 10.0 Å². The smallest absolute Gasteiger partial charge is 0.266 e. The molecule has 124 valence electrons. The van der Waals surface area contributed by atoms with E-state index in [4.69, 9.17) is 9.47 Å². The highest BCUT2D eigenvalue weighted by molar-refractivity contribution is 7.93. The zero-order valence-corrected chi connectivity index (χ0v) is 14.3. The molecule has 24 heavy (non-hydrogen) atoms. The first-order valence-electron chi connectivity index (χ1n) is 7.25. The Hall–Kier alpha value is -2.39. The number of hydrogen-bond donors (Lipinski definition) is 0. The van der Waals surface area contributed by atoms with E-state index in [1.54, 1.807) is 43.3 Å². The van der Waals surface area contributed by atoms with Crippen LogP contribution in [-0.2, 0) is 10.0 Å². The van der Waals surface area contributed by atoms with Gasteiger partial charge in [0.15, 0.2) is 11.5 Å². The van der Waals surface area contributed by atoms with Gasteiger partial charge in [-0.1, -0.05) is 6.07 Å². The van der Waals surface area contributed by atoms with Crippen LogP contribution in [0.25, 0.3) is 11.0 Å². The lowest BCUT2D eigenvalue weighted by molar-refractivity contribution is 0.174. The Bertz CT molecular complexity index is 1020. The quantitative estimate of drug-likeness (QED) is 0.709. The molecule has 1 aliphatic rings. The fourth-order valence-corrected chi connectivity index (χ4v) is 4.86. The maximum absolute atomic E-state index is 13.2. The number of benzene rings is 2. The van der Waals surface area contributed by atoms with Crippen molar-refractivity contribution in [3.63, 3.8) is 0 Å². The van der Waals surface area contributed by atoms with Crippen LogP contribution in [0.2, 0.25) is 0 Å². The number of aromatic nitrogens is 2. The summed E-state index contributed by atoms with van der Waals surface area (Å²) >= 11 is 0.995. The van der Waals surface area contributed by atoms with Gasteiger partial charge in [0, 0.05) is 12.6 Å². The molecule has 0 saturated carbocycles. The molecule has 0 amide bonds. The SMILES string of the molecule is CCN(c1ccc2c(c1)OCO2)S(=O)(=O)c1cccc2nsnc12. The lowest BCUT2D eigenvalue weighted by Gasteiger charge is -2.23. The Morgan fingerprint density at radius 1 is 1.17 bits per heavy atom. The van der Waals surface area contributed by atoms with Gasteiger partial charge in [-0.25, -0.2) is 8.42 Å². The molecule has 0 fully saturated rings. The molecular weight excluding hydrogens is 350 g/mol. The van der Waals surface area contributed by atoms with Crippen LogP contribution in [0.1, 0.15) is 6.92 Å². The molecule has 0 N–H and O–H groups in total. The number of hydrogen-bond acceptors (Lipinski definition) is 7. The highest BCUT2D eigenvalue weighted by atomic mass is 32.2. The number of fused-ring (bicyclic) bond motifs is 2. The second-order valence-electron chi connectivity index (χ2n) is 5.10. The summed E-state index contributed by atoms with van der Waals surface area (Å²) in [7, 11) is -3.78. The van der Waals surface area contributed by atoms with Gasteiger partial charge in [-0.15, -0.1) is 0 Å². The van der Waals surface area contributed by atoms with Crippen molar-refractivity contribution < 1.29 is 17.9 Å². The summed E-state index contributed by atoms with van der Waals surface area (Å²) in [5.41, 5.74) is 1.48. The predicted molar refractivity (Wildman–Crippen MR) is 90.2 cm³/mol. The Morgan fingerprint density at radius 2 is 2.00 bits per heavy atom. The number of rotatable bonds is 4. The second-order valence-corrected chi connectivity index (χ2v) is 7.45. The lowest BCUT2D eigenvalue weighted by atomic mass is 10.3. The summed E-state index contributed by atoms with van der Waals surface area (Å²) in [5, 5.41) is 0. The Kier molecular flexibility index (Phi) is 3.54. The summed E-state index contributed by atoms with van der Waals surface area (Å²) in [6.45, 7) is 2.19. The van der Waals surface area contributed by atoms with E-state index in [9.17, 15) is 8.42 Å². The normalized spacial score (nSPS) is 13.4. The third kappa shape index (κ3) is 2.28. The summed E-state index contributed by atoms with van der Waals surface area (Å²) in [4.78, 5) is 0.147. The van der Waals surface area contributed by atoms with Crippen LogP contribution in [0.4, 0.5) is 5.69 Å². The number of anilines is 1. The monoisotopic (exact) mass is 363 g/mol. The molecule has 0 spiro atoms. The maximum atomic E-state index is 13.2. The van der Waals surface area contributed by atoms with Gasteiger partial charge in [0.1, 0.15) is 15.9 Å². The number of sulfonamides is 1. The van der Waals surface area contributed by atoms with Crippen molar-refractivity contribution in [2.45, 2.75) is 11.8 Å². The van der Waals surface area contributed by atoms with Gasteiger partial charge in [-0.2, -0.15) is 8.75 Å². The molecule has 4 rings (SSSR count). The maximum Gasteiger partial charge on any atom is 0.266 e. The van der Waals surface area contributed by atoms with E-state index in [0.29, 0.717) is 28.2 Å². The first kappa shape index (κ1) is 15.2. The van der Waals surface area contributed by atoms with Crippen LogP contribution < -0.4 is 13.8 Å². The van der Waals surface area contributed by atoms with E-state index in [1.807, 2.05) is 0 Å². The molecule has 2 aromatic carbocycles. The van der Waals surface area contributed by atoms with Crippen LogP contribution in [-0.4, -0.2) is 30.5 Å². The van der Waals surface area contributed by atoms with Crippen molar-refractivity contribution >= 4 is 38.5 Å². The minimum absolute atomic E-state index is 0.140. The van der Waals surface area contributed by atoms with E-state index in [1.165, 1.54) is 4.31 Å². The molecule has 0 radical (unpaired) electrons. The summed E-state index contributed by atoms with van der Waals surface area (Å²) in [6.07, 6.45) is 0. The molecule has 0 saturated heterocycles. The fourth-order valence-electron chi connectivity index (χ4n) is 2.64. The van der Waals surface area contributed by atoms with E-state index in [2.05, 4.69) is 8.75 Å². The Balaban J connectivity index is 1.83. The minimum Gasteiger partial charge on any atom is -0.454 e. The molecule has 3 aromatic rings. The summed E-state index contributed by atoms with van der Waals surface area (Å²) in [5.74, 6) is 1.15. The largest absolute Gasteiger partial charge is 0.454 e. The van der Waals surface area contributed by atoms with Crippen LogP contribution in [0.15, 0.2) is 41.3 Å². The third-order valence-corrected chi connectivity index (χ3v) is 6.23. The number of nitrogens with zero attached hydrogens (tertiary/aromatic N) is 3. The first-order valence-corrected chi connectivity index (χ1v) is 9.42. The molecule has 1 aliphatic heterocycles. The average Bonchev–Trinajstić information content (AvgIpc) is 3.23. The van der Waals surface area contributed by atoms with Crippen LogP contribution in [0.5, 0.6) is 11.5 Å². The summed E-state index contributed by atoms with van der Waals surface area (Å²) in [6, 6.07) is 10.0. The molecule has 2 heterocycles. The molecule has 9 heteroatoms. The van der Waals surface area contributed by atoms with Gasteiger partial charge in [-0.3, -0.25) is 4.31 Å². The van der Waals surface area contributed by atoms with Crippen LogP contribution >= 0.6 is 11.7 Å². The minimum atomic E-state index is -3.78. The van der Waals surface area contributed by atoms with Crippen molar-refractivity contribution in [3.8, 4) is 11.5 Å². The highest BCUT2D eigenvalue weighted by Gasteiger charge is 2.28. The molecule has 1 aromatic heterocycles. The second kappa shape index (κ2) is 5.60. The summed E-state index contributed by atoms with van der Waals surface area (Å²) < 4.78 is 46.5. The fraction of sp³-hybridized carbons (Fsp3) is 0.200. The van der Waals surface area contributed by atoms with Crippen molar-refractivity contribution in [2.24, 2.45) is 0 Å². The standard InChI is InChI=1S/C15H13N3O4S2/c1-2-18(10-6-7-12-13(8-10)22-9-21-12)24(19,20)14-5-3-4-11-15(14)17-23-16-11/h3-8H,2,9H2,1H3. The van der Waals surface area contributed by atoms with E-state index >= 15 is 0 Å². The Labute approximate surface area is 142 Å². The van der Waals surface area contributed by atoms with Gasteiger partial charge in [0.05, 0.1) is 17.4 Å². The van der Waals surface area contributed by atoms with Crippen molar-refractivity contribution in [3.05, 3.63) is 36.4 Å². The van der Waals surface area contributed by atoms with Gasteiger partial charge >= 0.3 is 0 Å². The number of ether oxygens (including phenoxy) is 2. The van der Waals surface area contributed by atoms with Crippen LogP contribution in [0.3, 0.4) is 0 Å². The van der Waals surface area contributed by atoms with Gasteiger partial charge in [-0.05, 0) is 31.2 Å². The first-order chi connectivity index (χ1) is 11.6.